The Morgan fingerprint density at radius 2 is 1.59 bits per heavy atom. The molecule has 0 bridgehead atoms. The third kappa shape index (κ3) is 6.38. The van der Waals surface area contributed by atoms with Crippen molar-refractivity contribution in [3.63, 3.8) is 0 Å². The van der Waals surface area contributed by atoms with E-state index in [0.29, 0.717) is 25.9 Å². The third-order valence-electron chi connectivity index (χ3n) is 5.00. The molecule has 1 N–H and O–H groups in total. The lowest BCUT2D eigenvalue weighted by Gasteiger charge is -2.18. The zero-order valence-corrected chi connectivity index (χ0v) is 18.1. The predicted octanol–water partition coefficient (Wildman–Crippen LogP) is 3.15. The van der Waals surface area contributed by atoms with Crippen LogP contribution in [-0.4, -0.2) is 34.8 Å². The van der Waals surface area contributed by atoms with Crippen molar-refractivity contribution >= 4 is 11.9 Å². The van der Waals surface area contributed by atoms with Crippen molar-refractivity contribution in [3.05, 3.63) is 100.0 Å². The van der Waals surface area contributed by atoms with E-state index in [1.165, 1.54) is 27.9 Å². The lowest BCUT2D eigenvalue weighted by atomic mass is 9.88. The number of rotatable bonds is 10. The largest absolute Gasteiger partial charge is 0.451 e. The molecule has 0 aliphatic rings. The minimum atomic E-state index is -0.739. The fourth-order valence-corrected chi connectivity index (χ4v) is 3.44. The number of nitrogens with one attached hydrogen (secondary N) is 1. The first-order valence-electron chi connectivity index (χ1n) is 10.7. The van der Waals surface area contributed by atoms with Gasteiger partial charge in [0.15, 0.2) is 12.3 Å². The van der Waals surface area contributed by atoms with Gasteiger partial charge in [0.25, 0.3) is 11.5 Å². The highest BCUT2D eigenvalue weighted by molar-refractivity contribution is 5.89. The fourth-order valence-electron chi connectivity index (χ4n) is 3.44. The first-order chi connectivity index (χ1) is 15.6. The quantitative estimate of drug-likeness (QED) is 0.496. The Bertz CT molecular complexity index is 1040. The Labute approximate surface area is 187 Å². The van der Waals surface area contributed by atoms with Crippen molar-refractivity contribution in [2.45, 2.75) is 32.2 Å². The molecule has 1 amide bonds. The highest BCUT2D eigenvalue weighted by Crippen LogP contribution is 2.27. The van der Waals surface area contributed by atoms with E-state index >= 15 is 0 Å². The molecule has 0 aliphatic heterocycles. The van der Waals surface area contributed by atoms with Crippen molar-refractivity contribution in [1.82, 2.24) is 15.1 Å². The molecule has 1 aromatic heterocycles. The van der Waals surface area contributed by atoms with Crippen molar-refractivity contribution in [1.29, 1.82) is 0 Å². The SMILES string of the molecule is CCCn1nc(C(=O)OCC(=O)NCCC(c2ccccc2)c2ccccc2)ccc1=O. The molecule has 0 aliphatic carbocycles. The average Bonchev–Trinajstić information content (AvgIpc) is 2.83. The zero-order chi connectivity index (χ0) is 22.8. The Hall–Kier alpha value is -3.74. The van der Waals surface area contributed by atoms with Crippen LogP contribution in [0.1, 0.15) is 47.3 Å². The smallest absolute Gasteiger partial charge is 0.359 e. The minimum Gasteiger partial charge on any atom is -0.451 e. The Morgan fingerprint density at radius 1 is 0.969 bits per heavy atom. The summed E-state index contributed by atoms with van der Waals surface area (Å²) in [5.74, 6) is -0.986. The molecule has 0 radical (unpaired) electrons. The summed E-state index contributed by atoms with van der Waals surface area (Å²) in [5.41, 5.74) is 2.06. The molecule has 0 fully saturated rings. The van der Waals surface area contributed by atoms with Crippen LogP contribution in [0.4, 0.5) is 0 Å². The number of esters is 1. The first-order valence-corrected chi connectivity index (χ1v) is 10.7. The summed E-state index contributed by atoms with van der Waals surface area (Å²) >= 11 is 0. The number of aromatic nitrogens is 2. The average molecular weight is 434 g/mol. The molecule has 2 aromatic carbocycles. The molecule has 0 atom stereocenters. The number of ether oxygens (including phenoxy) is 1. The van der Waals surface area contributed by atoms with E-state index < -0.39 is 12.6 Å². The molecule has 7 heteroatoms. The summed E-state index contributed by atoms with van der Waals surface area (Å²) in [6.07, 6.45) is 1.41. The summed E-state index contributed by atoms with van der Waals surface area (Å²) in [5, 5.41) is 6.80. The summed E-state index contributed by atoms with van der Waals surface area (Å²) in [4.78, 5) is 36.1. The van der Waals surface area contributed by atoms with Crippen molar-refractivity contribution in [3.8, 4) is 0 Å². The maximum Gasteiger partial charge on any atom is 0.359 e. The highest BCUT2D eigenvalue weighted by Gasteiger charge is 2.16. The van der Waals surface area contributed by atoms with Crippen molar-refractivity contribution in [2.24, 2.45) is 0 Å². The van der Waals surface area contributed by atoms with Gasteiger partial charge in [0.05, 0.1) is 0 Å². The maximum atomic E-state index is 12.2. The van der Waals surface area contributed by atoms with Crippen LogP contribution in [0, 0.1) is 0 Å². The number of amides is 1. The van der Waals surface area contributed by atoms with Gasteiger partial charge in [-0.05, 0) is 30.0 Å². The van der Waals surface area contributed by atoms with Crippen LogP contribution in [0.25, 0.3) is 0 Å². The van der Waals surface area contributed by atoms with E-state index in [9.17, 15) is 14.4 Å². The van der Waals surface area contributed by atoms with Crippen LogP contribution in [0.2, 0.25) is 0 Å². The monoisotopic (exact) mass is 433 g/mol. The van der Waals surface area contributed by atoms with E-state index in [4.69, 9.17) is 4.74 Å². The molecule has 0 unspecified atom stereocenters. The number of hydrogen-bond donors (Lipinski definition) is 1. The van der Waals surface area contributed by atoms with Crippen LogP contribution >= 0.6 is 0 Å². The fraction of sp³-hybridized carbons (Fsp3) is 0.280. The van der Waals surface area contributed by atoms with Gasteiger partial charge in [0.1, 0.15) is 0 Å². The Kier molecular flexibility index (Phi) is 8.31. The second kappa shape index (κ2) is 11.6. The number of benzene rings is 2. The van der Waals surface area contributed by atoms with Gasteiger partial charge in [-0.25, -0.2) is 9.48 Å². The normalized spacial score (nSPS) is 10.7. The molecular formula is C25H27N3O4. The lowest BCUT2D eigenvalue weighted by molar-refractivity contribution is -0.124. The molecule has 166 valence electrons. The van der Waals surface area contributed by atoms with Gasteiger partial charge in [-0.15, -0.1) is 0 Å². The summed E-state index contributed by atoms with van der Waals surface area (Å²) in [6, 6.07) is 22.8. The van der Waals surface area contributed by atoms with Crippen LogP contribution in [0.15, 0.2) is 77.6 Å². The zero-order valence-electron chi connectivity index (χ0n) is 18.1. The van der Waals surface area contributed by atoms with Gasteiger partial charge in [-0.3, -0.25) is 9.59 Å². The Balaban J connectivity index is 1.52. The number of carbonyl (C=O) groups excluding carboxylic acids is 2. The molecule has 3 rings (SSSR count). The van der Waals surface area contributed by atoms with Crippen LogP contribution < -0.4 is 10.9 Å². The van der Waals surface area contributed by atoms with Gasteiger partial charge in [-0.1, -0.05) is 67.6 Å². The molecular weight excluding hydrogens is 406 g/mol. The Morgan fingerprint density at radius 3 is 2.19 bits per heavy atom. The maximum absolute atomic E-state index is 12.2. The highest BCUT2D eigenvalue weighted by atomic mass is 16.5. The molecule has 32 heavy (non-hydrogen) atoms. The standard InChI is InChI=1S/C25H27N3O4/c1-2-17-28-24(30)14-13-22(27-28)25(31)32-18-23(29)26-16-15-21(19-9-5-3-6-10-19)20-11-7-4-8-12-20/h3-14,21H,2,15-18H2,1H3,(H,26,29). The van der Waals surface area contributed by atoms with E-state index in [1.807, 2.05) is 43.3 Å². The van der Waals surface area contributed by atoms with E-state index in [1.54, 1.807) is 0 Å². The number of hydrogen-bond acceptors (Lipinski definition) is 5. The van der Waals surface area contributed by atoms with Crippen molar-refractivity contribution < 1.29 is 14.3 Å². The number of carbonyl (C=O) groups is 2. The molecule has 3 aromatic rings. The summed E-state index contributed by atoms with van der Waals surface area (Å²) < 4.78 is 6.27. The molecule has 0 spiro atoms. The van der Waals surface area contributed by atoms with Gasteiger partial charge in [-0.2, -0.15) is 5.10 Å². The van der Waals surface area contributed by atoms with Gasteiger partial charge in [0.2, 0.25) is 0 Å². The molecule has 1 heterocycles. The number of aryl methyl sites for hydroxylation is 1. The van der Waals surface area contributed by atoms with Crippen LogP contribution in [-0.2, 0) is 16.1 Å². The summed E-state index contributed by atoms with van der Waals surface area (Å²) in [7, 11) is 0. The van der Waals surface area contributed by atoms with E-state index in [0.717, 1.165) is 0 Å². The number of nitrogens with zero attached hydrogens (tertiary/aromatic N) is 2. The van der Waals surface area contributed by atoms with Crippen LogP contribution in [0.5, 0.6) is 0 Å². The predicted molar refractivity (Wildman–Crippen MR) is 121 cm³/mol. The summed E-state index contributed by atoms with van der Waals surface area (Å²) in [6.45, 7) is 2.34. The lowest BCUT2D eigenvalue weighted by Crippen LogP contribution is -2.31. The molecule has 0 saturated heterocycles. The van der Waals surface area contributed by atoms with Gasteiger partial charge in [0, 0.05) is 25.1 Å². The topological polar surface area (TPSA) is 90.3 Å². The van der Waals surface area contributed by atoms with E-state index in [-0.39, 0.29) is 23.1 Å². The second-order valence-corrected chi connectivity index (χ2v) is 7.37. The van der Waals surface area contributed by atoms with Crippen molar-refractivity contribution in [2.75, 3.05) is 13.2 Å². The van der Waals surface area contributed by atoms with Gasteiger partial charge >= 0.3 is 5.97 Å². The van der Waals surface area contributed by atoms with Crippen LogP contribution in [0.3, 0.4) is 0 Å². The van der Waals surface area contributed by atoms with E-state index in [2.05, 4.69) is 34.7 Å². The second-order valence-electron chi connectivity index (χ2n) is 7.37. The first kappa shape index (κ1) is 22.9. The molecule has 7 nitrogen and oxygen atoms in total. The molecule has 0 saturated carbocycles. The van der Waals surface area contributed by atoms with Gasteiger partial charge < -0.3 is 10.1 Å². The third-order valence-corrected chi connectivity index (χ3v) is 5.00. The minimum absolute atomic E-state index is 0.000862.